The van der Waals surface area contributed by atoms with Crippen LogP contribution >= 0.6 is 0 Å². The molecule has 0 amide bonds. The second kappa shape index (κ2) is 10.7. The van der Waals surface area contributed by atoms with Gasteiger partial charge in [0.25, 0.3) is 0 Å². The second-order valence-electron chi connectivity index (χ2n) is 10.6. The van der Waals surface area contributed by atoms with E-state index in [0.717, 1.165) is 37.3 Å². The monoisotopic (exact) mass is 473 g/mol. The maximum absolute atomic E-state index is 4.45. The van der Waals surface area contributed by atoms with Gasteiger partial charge in [0.05, 0.1) is 5.69 Å². The molecule has 1 aromatic heterocycles. The van der Waals surface area contributed by atoms with Crippen LogP contribution in [0.2, 0.25) is 0 Å². The lowest BCUT2D eigenvalue weighted by Gasteiger charge is -2.14. The molecule has 1 nitrogen and oxygen atoms in total. The van der Waals surface area contributed by atoms with Crippen molar-refractivity contribution in [3.8, 4) is 11.1 Å². The summed E-state index contributed by atoms with van der Waals surface area (Å²) in [5, 5.41) is 1.33. The molecule has 0 radical (unpaired) electrons. The Morgan fingerprint density at radius 2 is 1.67 bits per heavy atom. The van der Waals surface area contributed by atoms with Crippen molar-refractivity contribution in [2.45, 2.75) is 65.3 Å². The summed E-state index contributed by atoms with van der Waals surface area (Å²) in [6, 6.07) is 25.4. The van der Waals surface area contributed by atoms with Gasteiger partial charge >= 0.3 is 0 Å². The van der Waals surface area contributed by atoms with Gasteiger partial charge in [0.1, 0.15) is 0 Å². The van der Waals surface area contributed by atoms with Crippen molar-refractivity contribution in [2.75, 3.05) is 0 Å². The average Bonchev–Trinajstić information content (AvgIpc) is 3.68. The second-order valence-corrected chi connectivity index (χ2v) is 10.6. The maximum Gasteiger partial charge on any atom is 0.0524 e. The summed E-state index contributed by atoms with van der Waals surface area (Å²) >= 11 is 0. The Labute approximate surface area is 217 Å². The molecule has 1 heteroatoms. The van der Waals surface area contributed by atoms with Crippen molar-refractivity contribution >= 4 is 16.5 Å². The molecule has 0 aliphatic heterocycles. The number of aryl methyl sites for hydroxylation is 3. The highest BCUT2D eigenvalue weighted by molar-refractivity contribution is 6.02. The van der Waals surface area contributed by atoms with Crippen molar-refractivity contribution in [3.05, 3.63) is 114 Å². The van der Waals surface area contributed by atoms with E-state index in [2.05, 4.69) is 98.3 Å². The van der Waals surface area contributed by atoms with E-state index in [4.69, 9.17) is 0 Å². The summed E-state index contributed by atoms with van der Waals surface area (Å²) in [6.45, 7) is 13.6. The van der Waals surface area contributed by atoms with E-state index < -0.39 is 0 Å². The Morgan fingerprint density at radius 3 is 2.36 bits per heavy atom. The van der Waals surface area contributed by atoms with Crippen LogP contribution in [0.5, 0.6) is 0 Å². The first-order valence-corrected chi connectivity index (χ1v) is 13.7. The summed E-state index contributed by atoms with van der Waals surface area (Å²) in [6.07, 6.45) is 10.5. The Morgan fingerprint density at radius 1 is 0.917 bits per heavy atom. The molecular weight excluding hydrogens is 434 g/mol. The molecule has 5 rings (SSSR count). The Kier molecular flexibility index (Phi) is 7.28. The van der Waals surface area contributed by atoms with Gasteiger partial charge in [-0.1, -0.05) is 87.0 Å². The normalized spacial score (nSPS) is 13.3. The van der Waals surface area contributed by atoms with Gasteiger partial charge in [0, 0.05) is 23.0 Å². The number of nitrogens with zero attached hydrogens (tertiary/aromatic N) is 1. The Hall–Kier alpha value is -3.32. The number of aromatic nitrogens is 1. The molecule has 0 N–H and O–H groups in total. The van der Waals surface area contributed by atoms with Crippen molar-refractivity contribution in [2.24, 2.45) is 5.92 Å². The van der Waals surface area contributed by atoms with Gasteiger partial charge < -0.3 is 4.57 Å². The molecule has 1 fully saturated rings. The van der Waals surface area contributed by atoms with Crippen molar-refractivity contribution < 1.29 is 0 Å². The van der Waals surface area contributed by atoms with Crippen LogP contribution in [-0.4, -0.2) is 4.57 Å². The van der Waals surface area contributed by atoms with Gasteiger partial charge in [0.2, 0.25) is 0 Å². The zero-order chi connectivity index (χ0) is 25.1. The summed E-state index contributed by atoms with van der Waals surface area (Å²) < 4.78 is 2.49. The van der Waals surface area contributed by atoms with E-state index in [9.17, 15) is 0 Å². The summed E-state index contributed by atoms with van der Waals surface area (Å²) in [4.78, 5) is 0. The summed E-state index contributed by atoms with van der Waals surface area (Å²) in [5.41, 5.74) is 11.8. The number of allylic oxidation sites excluding steroid dienone is 2. The Bertz CT molecular complexity index is 1380. The van der Waals surface area contributed by atoms with E-state index in [1.165, 1.54) is 75.7 Å². The lowest BCUT2D eigenvalue weighted by atomic mass is 9.96. The quantitative estimate of drug-likeness (QED) is 0.191. The molecule has 1 aliphatic carbocycles. The minimum atomic E-state index is 0.845. The molecule has 3 aromatic carbocycles. The third kappa shape index (κ3) is 5.26. The third-order valence-corrected chi connectivity index (χ3v) is 7.69. The van der Waals surface area contributed by atoms with Crippen LogP contribution in [0.15, 0.2) is 86.0 Å². The molecule has 1 heterocycles. The molecule has 1 saturated carbocycles. The minimum Gasteiger partial charge on any atom is -0.336 e. The number of hydrogen-bond acceptors (Lipinski definition) is 0. The van der Waals surface area contributed by atoms with Crippen LogP contribution in [0, 0.1) is 5.92 Å². The zero-order valence-corrected chi connectivity index (χ0v) is 22.0. The zero-order valence-electron chi connectivity index (χ0n) is 22.0. The first kappa shape index (κ1) is 24.4. The van der Waals surface area contributed by atoms with Crippen LogP contribution in [0.4, 0.5) is 0 Å². The van der Waals surface area contributed by atoms with Crippen LogP contribution in [-0.2, 0) is 25.8 Å². The SMILES string of the molecule is C=CCCc1ccc2c(c1)c(-c1ccc(CCC3CC3)cc1)c(C(=C)C)n2Cc1cccc(CC)c1. The standard InChI is InChI=1S/C35H39N/c1-5-7-9-29-18-21-33-32(23-29)34(31-19-16-28(17-20-31)15-14-27-12-13-27)35(25(3)4)36(33)24-30-11-8-10-26(6-2)22-30/h5,8,10-11,16-23,27H,1,3,6-7,9,12-15,24H2,2,4H3. The third-order valence-electron chi connectivity index (χ3n) is 7.69. The molecule has 0 unspecified atom stereocenters. The molecule has 184 valence electrons. The number of fused-ring (bicyclic) bond motifs is 1. The highest BCUT2D eigenvalue weighted by Crippen LogP contribution is 2.40. The summed E-state index contributed by atoms with van der Waals surface area (Å²) in [7, 11) is 0. The topological polar surface area (TPSA) is 4.93 Å². The highest BCUT2D eigenvalue weighted by atomic mass is 15.0. The molecule has 4 aromatic rings. The molecule has 1 aliphatic rings. The van der Waals surface area contributed by atoms with E-state index in [0.29, 0.717) is 0 Å². The van der Waals surface area contributed by atoms with Crippen molar-refractivity contribution in [1.82, 2.24) is 4.57 Å². The van der Waals surface area contributed by atoms with Crippen LogP contribution in [0.3, 0.4) is 0 Å². The molecule has 0 spiro atoms. The van der Waals surface area contributed by atoms with Gasteiger partial charge in [-0.2, -0.15) is 0 Å². The van der Waals surface area contributed by atoms with E-state index in [1.807, 2.05) is 6.08 Å². The maximum atomic E-state index is 4.45. The Balaban J connectivity index is 1.63. The molecule has 0 atom stereocenters. The predicted octanol–water partition coefficient (Wildman–Crippen LogP) is 9.41. The van der Waals surface area contributed by atoms with E-state index in [-0.39, 0.29) is 0 Å². The number of rotatable bonds is 11. The first-order chi connectivity index (χ1) is 17.6. The number of benzene rings is 3. The van der Waals surface area contributed by atoms with E-state index in [1.54, 1.807) is 0 Å². The smallest absolute Gasteiger partial charge is 0.0524 e. The molecular formula is C35H39N. The average molecular weight is 474 g/mol. The van der Waals surface area contributed by atoms with Gasteiger partial charge in [-0.05, 0) is 90.5 Å². The van der Waals surface area contributed by atoms with Gasteiger partial charge in [0.15, 0.2) is 0 Å². The van der Waals surface area contributed by atoms with Gasteiger partial charge in [-0.3, -0.25) is 0 Å². The fourth-order valence-corrected chi connectivity index (χ4v) is 5.47. The van der Waals surface area contributed by atoms with E-state index >= 15 is 0 Å². The first-order valence-electron chi connectivity index (χ1n) is 13.7. The lowest BCUT2D eigenvalue weighted by molar-refractivity contribution is 0.727. The van der Waals surface area contributed by atoms with Crippen LogP contribution in [0.25, 0.3) is 27.6 Å². The molecule has 0 saturated heterocycles. The lowest BCUT2D eigenvalue weighted by Crippen LogP contribution is -2.04. The largest absolute Gasteiger partial charge is 0.336 e. The van der Waals surface area contributed by atoms with Crippen LogP contribution < -0.4 is 0 Å². The predicted molar refractivity (Wildman–Crippen MR) is 157 cm³/mol. The van der Waals surface area contributed by atoms with Gasteiger partial charge in [-0.25, -0.2) is 0 Å². The van der Waals surface area contributed by atoms with Gasteiger partial charge in [-0.15, -0.1) is 6.58 Å². The fraction of sp³-hybridized carbons (Fsp3) is 0.314. The number of hydrogen-bond donors (Lipinski definition) is 0. The highest BCUT2D eigenvalue weighted by Gasteiger charge is 2.22. The fourth-order valence-electron chi connectivity index (χ4n) is 5.47. The van der Waals surface area contributed by atoms with Crippen LogP contribution in [0.1, 0.15) is 67.5 Å². The van der Waals surface area contributed by atoms with Crippen molar-refractivity contribution in [3.63, 3.8) is 0 Å². The molecule has 0 bridgehead atoms. The summed E-state index contributed by atoms with van der Waals surface area (Å²) in [5.74, 6) is 0.970. The van der Waals surface area contributed by atoms with Crippen molar-refractivity contribution in [1.29, 1.82) is 0 Å². The minimum absolute atomic E-state index is 0.845. The molecule has 36 heavy (non-hydrogen) atoms.